The van der Waals surface area contributed by atoms with Crippen LogP contribution in [0.1, 0.15) is 6.92 Å². The van der Waals surface area contributed by atoms with Crippen molar-refractivity contribution >= 4 is 17.8 Å². The fourth-order valence-electron chi connectivity index (χ4n) is 1.90. The zero-order valence-electron chi connectivity index (χ0n) is 11.4. The number of anilines is 3. The van der Waals surface area contributed by atoms with Crippen molar-refractivity contribution in [2.24, 2.45) is 0 Å². The van der Waals surface area contributed by atoms with Crippen LogP contribution >= 0.6 is 0 Å². The van der Waals surface area contributed by atoms with Gasteiger partial charge < -0.3 is 25.4 Å². The molecule has 1 aliphatic heterocycles. The molecule has 2 heterocycles. The first-order valence-corrected chi connectivity index (χ1v) is 6.19. The number of ether oxygens (including phenoxy) is 1. The third-order valence-corrected chi connectivity index (χ3v) is 3.00. The van der Waals surface area contributed by atoms with E-state index in [4.69, 9.17) is 10.5 Å². The van der Waals surface area contributed by atoms with Gasteiger partial charge in [-0.05, 0) is 6.92 Å². The molecule has 19 heavy (non-hydrogen) atoms. The van der Waals surface area contributed by atoms with Crippen LogP contribution in [0.4, 0.5) is 17.8 Å². The van der Waals surface area contributed by atoms with Crippen LogP contribution in [0.15, 0.2) is 0 Å². The molecule has 2 atom stereocenters. The van der Waals surface area contributed by atoms with E-state index in [0.29, 0.717) is 25.0 Å². The Hall–Kier alpha value is -1.67. The summed E-state index contributed by atoms with van der Waals surface area (Å²) in [7, 11) is 3.69. The number of aliphatic hydroxyl groups excluding tert-OH is 1. The Balaban J connectivity index is 2.28. The number of nitrogens with zero attached hydrogens (tertiary/aromatic N) is 5. The summed E-state index contributed by atoms with van der Waals surface area (Å²) < 4.78 is 5.49. The summed E-state index contributed by atoms with van der Waals surface area (Å²) in [5.41, 5.74) is 5.72. The number of nitrogens with two attached hydrogens (primary N) is 1. The standard InChI is InChI=1S/C11H20N6O2/c1-7-6-19-8(5-18)4-17(7)11-14-9(12)13-10(15-11)16(2)3/h7-8,18H,4-6H2,1-3H3,(H2,12,13,14,15). The SMILES string of the molecule is CC1COC(CO)CN1c1nc(N)nc(N(C)C)n1. The van der Waals surface area contributed by atoms with Crippen LogP contribution in [-0.4, -0.2) is 66.1 Å². The van der Waals surface area contributed by atoms with Crippen molar-refractivity contribution in [2.45, 2.75) is 19.1 Å². The highest BCUT2D eigenvalue weighted by molar-refractivity contribution is 5.43. The van der Waals surface area contributed by atoms with Crippen molar-refractivity contribution in [2.75, 3.05) is 49.4 Å². The van der Waals surface area contributed by atoms with Gasteiger partial charge in [0.15, 0.2) is 0 Å². The molecule has 1 aromatic heterocycles. The van der Waals surface area contributed by atoms with Crippen LogP contribution in [0.3, 0.4) is 0 Å². The maximum absolute atomic E-state index is 9.20. The Bertz CT molecular complexity index is 441. The lowest BCUT2D eigenvalue weighted by atomic mass is 10.2. The highest BCUT2D eigenvalue weighted by Crippen LogP contribution is 2.20. The van der Waals surface area contributed by atoms with Gasteiger partial charge in [0, 0.05) is 20.6 Å². The molecule has 2 rings (SSSR count). The Morgan fingerprint density at radius 2 is 2.16 bits per heavy atom. The molecule has 1 aliphatic rings. The van der Waals surface area contributed by atoms with Crippen LogP contribution in [0.5, 0.6) is 0 Å². The number of hydrogen-bond donors (Lipinski definition) is 2. The third-order valence-electron chi connectivity index (χ3n) is 3.00. The van der Waals surface area contributed by atoms with E-state index in [-0.39, 0.29) is 24.7 Å². The molecule has 1 fully saturated rings. The van der Waals surface area contributed by atoms with Gasteiger partial charge in [-0.3, -0.25) is 0 Å². The minimum Gasteiger partial charge on any atom is -0.394 e. The van der Waals surface area contributed by atoms with Gasteiger partial charge in [0.1, 0.15) is 0 Å². The fourth-order valence-corrected chi connectivity index (χ4v) is 1.90. The van der Waals surface area contributed by atoms with E-state index < -0.39 is 0 Å². The summed E-state index contributed by atoms with van der Waals surface area (Å²) in [6, 6.07) is 0.125. The molecule has 8 nitrogen and oxygen atoms in total. The second kappa shape index (κ2) is 5.54. The normalized spacial score (nSPS) is 23.5. The van der Waals surface area contributed by atoms with Crippen molar-refractivity contribution in [3.8, 4) is 0 Å². The quantitative estimate of drug-likeness (QED) is 0.728. The summed E-state index contributed by atoms with van der Waals surface area (Å²) in [6.07, 6.45) is -0.225. The molecular weight excluding hydrogens is 248 g/mol. The van der Waals surface area contributed by atoms with Crippen LogP contribution in [0.2, 0.25) is 0 Å². The molecule has 1 aromatic rings. The molecule has 0 bridgehead atoms. The molecule has 0 aliphatic carbocycles. The Labute approximate surface area is 112 Å². The predicted molar refractivity (Wildman–Crippen MR) is 72.2 cm³/mol. The average molecular weight is 268 g/mol. The molecule has 8 heteroatoms. The van der Waals surface area contributed by atoms with Gasteiger partial charge in [0.2, 0.25) is 17.8 Å². The highest BCUT2D eigenvalue weighted by atomic mass is 16.5. The zero-order valence-corrected chi connectivity index (χ0v) is 11.4. The predicted octanol–water partition coefficient (Wildman–Crippen LogP) is -0.894. The molecule has 1 saturated heterocycles. The molecule has 0 radical (unpaired) electrons. The summed E-state index contributed by atoms with van der Waals surface area (Å²) >= 11 is 0. The first-order chi connectivity index (χ1) is 9.01. The second-order valence-electron chi connectivity index (χ2n) is 4.83. The zero-order chi connectivity index (χ0) is 14.0. The topological polar surface area (TPSA) is 101 Å². The molecule has 0 saturated carbocycles. The number of morpholine rings is 1. The van der Waals surface area contributed by atoms with Crippen LogP contribution < -0.4 is 15.5 Å². The molecule has 3 N–H and O–H groups in total. The number of aliphatic hydroxyl groups is 1. The molecule has 2 unspecified atom stereocenters. The lowest BCUT2D eigenvalue weighted by Gasteiger charge is -2.37. The molecular formula is C11H20N6O2. The third kappa shape index (κ3) is 3.02. The van der Waals surface area contributed by atoms with E-state index in [2.05, 4.69) is 15.0 Å². The largest absolute Gasteiger partial charge is 0.394 e. The number of nitrogen functional groups attached to an aromatic ring is 1. The smallest absolute Gasteiger partial charge is 0.232 e. The van der Waals surface area contributed by atoms with Gasteiger partial charge in [-0.15, -0.1) is 0 Å². The van der Waals surface area contributed by atoms with Crippen LogP contribution in [0.25, 0.3) is 0 Å². The first kappa shape index (κ1) is 13.8. The van der Waals surface area contributed by atoms with Crippen molar-refractivity contribution in [1.82, 2.24) is 15.0 Å². The number of hydrogen-bond acceptors (Lipinski definition) is 8. The Kier molecular flexibility index (Phi) is 4.01. The van der Waals surface area contributed by atoms with Crippen molar-refractivity contribution < 1.29 is 9.84 Å². The van der Waals surface area contributed by atoms with E-state index in [1.165, 1.54) is 0 Å². The molecule has 0 spiro atoms. The second-order valence-corrected chi connectivity index (χ2v) is 4.83. The summed E-state index contributed by atoms with van der Waals surface area (Å²) in [5.74, 6) is 1.22. The van der Waals surface area contributed by atoms with Crippen LogP contribution in [0, 0.1) is 0 Å². The summed E-state index contributed by atoms with van der Waals surface area (Å²) in [5, 5.41) is 9.20. The maximum atomic E-state index is 9.20. The van der Waals surface area contributed by atoms with Crippen molar-refractivity contribution in [3.05, 3.63) is 0 Å². The van der Waals surface area contributed by atoms with E-state index in [1.54, 1.807) is 4.90 Å². The summed E-state index contributed by atoms with van der Waals surface area (Å²) in [4.78, 5) is 16.4. The number of rotatable bonds is 3. The Morgan fingerprint density at radius 1 is 1.42 bits per heavy atom. The van der Waals surface area contributed by atoms with E-state index in [1.807, 2.05) is 25.9 Å². The first-order valence-electron chi connectivity index (χ1n) is 6.19. The van der Waals surface area contributed by atoms with Gasteiger partial charge in [-0.25, -0.2) is 0 Å². The monoisotopic (exact) mass is 268 g/mol. The lowest BCUT2D eigenvalue weighted by Crippen LogP contribution is -2.50. The van der Waals surface area contributed by atoms with E-state index in [9.17, 15) is 5.11 Å². The lowest BCUT2D eigenvalue weighted by molar-refractivity contribution is -0.0108. The molecule has 0 aromatic carbocycles. The van der Waals surface area contributed by atoms with Crippen molar-refractivity contribution in [1.29, 1.82) is 0 Å². The summed E-state index contributed by atoms with van der Waals surface area (Å²) in [6.45, 7) is 3.05. The minimum atomic E-state index is -0.225. The van der Waals surface area contributed by atoms with E-state index in [0.717, 1.165) is 0 Å². The van der Waals surface area contributed by atoms with Crippen LogP contribution in [-0.2, 0) is 4.74 Å². The van der Waals surface area contributed by atoms with Crippen molar-refractivity contribution in [3.63, 3.8) is 0 Å². The van der Waals surface area contributed by atoms with E-state index >= 15 is 0 Å². The van der Waals surface area contributed by atoms with Gasteiger partial charge in [-0.2, -0.15) is 15.0 Å². The Morgan fingerprint density at radius 3 is 2.79 bits per heavy atom. The maximum Gasteiger partial charge on any atom is 0.232 e. The number of aromatic nitrogens is 3. The van der Waals surface area contributed by atoms with Gasteiger partial charge >= 0.3 is 0 Å². The molecule has 106 valence electrons. The van der Waals surface area contributed by atoms with Gasteiger partial charge in [-0.1, -0.05) is 0 Å². The van der Waals surface area contributed by atoms with Gasteiger partial charge in [0.25, 0.3) is 0 Å². The average Bonchev–Trinajstić information content (AvgIpc) is 2.38. The van der Waals surface area contributed by atoms with Gasteiger partial charge in [0.05, 0.1) is 25.4 Å². The fraction of sp³-hybridized carbons (Fsp3) is 0.727. The molecule has 0 amide bonds. The minimum absolute atomic E-state index is 0.0235. The highest BCUT2D eigenvalue weighted by Gasteiger charge is 2.28.